The molecular weight excluding hydrogens is 378 g/mol. The first-order valence-corrected chi connectivity index (χ1v) is 9.58. The van der Waals surface area contributed by atoms with Gasteiger partial charge in [0.25, 0.3) is 5.91 Å². The topological polar surface area (TPSA) is 65.5 Å². The molecule has 1 aliphatic rings. The molecule has 0 bridgehead atoms. The van der Waals surface area contributed by atoms with Crippen LogP contribution in [0.25, 0.3) is 0 Å². The highest BCUT2D eigenvalue weighted by atomic mass is 19.1. The quantitative estimate of drug-likeness (QED) is 0.835. The van der Waals surface area contributed by atoms with Gasteiger partial charge in [0, 0.05) is 32.4 Å². The van der Waals surface area contributed by atoms with Gasteiger partial charge in [-0.2, -0.15) is 0 Å². The van der Waals surface area contributed by atoms with Crippen LogP contribution in [0.5, 0.6) is 0 Å². The Morgan fingerprint density at radius 2 is 1.66 bits per heavy atom. The van der Waals surface area contributed by atoms with Gasteiger partial charge >= 0.3 is 0 Å². The Morgan fingerprint density at radius 1 is 1.00 bits per heavy atom. The SMILES string of the molecule is CC(C)[C@H](NC(=O)c1c(F)cccc1F)C(=O)N1CCN(c2ccccn2)CC1. The lowest BCUT2D eigenvalue weighted by Gasteiger charge is -2.37. The molecule has 2 heterocycles. The van der Waals surface area contributed by atoms with Crippen LogP contribution in [0, 0.1) is 17.6 Å². The van der Waals surface area contributed by atoms with Crippen LogP contribution in [0.4, 0.5) is 14.6 Å². The molecule has 0 aliphatic carbocycles. The number of carbonyl (C=O) groups is 2. The third kappa shape index (κ3) is 4.70. The minimum absolute atomic E-state index is 0.241. The van der Waals surface area contributed by atoms with Crippen LogP contribution >= 0.6 is 0 Å². The maximum Gasteiger partial charge on any atom is 0.257 e. The molecule has 2 amide bonds. The van der Waals surface area contributed by atoms with Crippen molar-refractivity contribution in [1.29, 1.82) is 0 Å². The Hall–Kier alpha value is -3.03. The number of piperazine rings is 1. The van der Waals surface area contributed by atoms with Crippen LogP contribution in [0.2, 0.25) is 0 Å². The number of rotatable bonds is 5. The smallest absolute Gasteiger partial charge is 0.257 e. The van der Waals surface area contributed by atoms with Gasteiger partial charge in [-0.1, -0.05) is 26.0 Å². The number of nitrogens with zero attached hydrogens (tertiary/aromatic N) is 3. The average Bonchev–Trinajstić information content (AvgIpc) is 2.72. The van der Waals surface area contributed by atoms with E-state index in [1.807, 2.05) is 18.2 Å². The molecular formula is C21H24F2N4O2. The summed E-state index contributed by atoms with van der Waals surface area (Å²) in [4.78, 5) is 33.5. The molecule has 1 atom stereocenters. The Kier molecular flexibility index (Phi) is 6.41. The maximum absolute atomic E-state index is 13.9. The van der Waals surface area contributed by atoms with E-state index >= 15 is 0 Å². The maximum atomic E-state index is 13.9. The summed E-state index contributed by atoms with van der Waals surface area (Å²) in [5, 5.41) is 2.52. The van der Waals surface area contributed by atoms with Crippen molar-refractivity contribution in [3.63, 3.8) is 0 Å². The van der Waals surface area contributed by atoms with Gasteiger partial charge in [-0.3, -0.25) is 9.59 Å². The van der Waals surface area contributed by atoms with Crippen molar-refractivity contribution in [3.8, 4) is 0 Å². The third-order valence-electron chi connectivity index (χ3n) is 4.97. The summed E-state index contributed by atoms with van der Waals surface area (Å²) in [6.45, 7) is 5.74. The molecule has 3 rings (SSSR count). The highest BCUT2D eigenvalue weighted by molar-refractivity contribution is 5.98. The van der Waals surface area contributed by atoms with Crippen molar-refractivity contribution in [2.75, 3.05) is 31.1 Å². The van der Waals surface area contributed by atoms with Crippen molar-refractivity contribution in [2.45, 2.75) is 19.9 Å². The van der Waals surface area contributed by atoms with Gasteiger partial charge in [-0.05, 0) is 30.2 Å². The number of anilines is 1. The van der Waals surface area contributed by atoms with Gasteiger partial charge in [-0.15, -0.1) is 0 Å². The van der Waals surface area contributed by atoms with Gasteiger partial charge in [0.1, 0.15) is 29.1 Å². The van der Waals surface area contributed by atoms with Gasteiger partial charge < -0.3 is 15.1 Å². The predicted octanol–water partition coefficient (Wildman–Crippen LogP) is 2.46. The Morgan fingerprint density at radius 3 is 2.21 bits per heavy atom. The third-order valence-corrected chi connectivity index (χ3v) is 4.97. The van der Waals surface area contributed by atoms with E-state index in [4.69, 9.17) is 0 Å². The number of benzene rings is 1. The number of nitrogens with one attached hydrogen (secondary N) is 1. The summed E-state index contributed by atoms with van der Waals surface area (Å²) in [6.07, 6.45) is 1.72. The van der Waals surface area contributed by atoms with E-state index in [0.29, 0.717) is 26.2 Å². The molecule has 1 aliphatic heterocycles. The Balaban J connectivity index is 1.67. The van der Waals surface area contributed by atoms with Crippen LogP contribution in [0.1, 0.15) is 24.2 Å². The molecule has 0 saturated carbocycles. The fourth-order valence-electron chi connectivity index (χ4n) is 3.34. The summed E-state index contributed by atoms with van der Waals surface area (Å²) < 4.78 is 27.8. The Labute approximate surface area is 168 Å². The number of pyridine rings is 1. The average molecular weight is 402 g/mol. The Bertz CT molecular complexity index is 848. The highest BCUT2D eigenvalue weighted by Crippen LogP contribution is 2.16. The summed E-state index contributed by atoms with van der Waals surface area (Å²) in [6, 6.07) is 8.01. The number of aromatic nitrogens is 1. The van der Waals surface area contributed by atoms with E-state index in [1.54, 1.807) is 24.9 Å². The monoisotopic (exact) mass is 402 g/mol. The first-order chi connectivity index (χ1) is 13.9. The van der Waals surface area contributed by atoms with E-state index < -0.39 is 29.1 Å². The normalized spacial score (nSPS) is 15.3. The largest absolute Gasteiger partial charge is 0.353 e. The van der Waals surface area contributed by atoms with Crippen molar-refractivity contribution < 1.29 is 18.4 Å². The van der Waals surface area contributed by atoms with Crippen molar-refractivity contribution in [3.05, 3.63) is 59.8 Å². The second-order valence-corrected chi connectivity index (χ2v) is 7.29. The number of amides is 2. The van der Waals surface area contributed by atoms with E-state index in [0.717, 1.165) is 18.0 Å². The van der Waals surface area contributed by atoms with Crippen LogP contribution in [0.3, 0.4) is 0 Å². The fraction of sp³-hybridized carbons (Fsp3) is 0.381. The molecule has 29 heavy (non-hydrogen) atoms. The number of hydrogen-bond donors (Lipinski definition) is 1. The van der Waals surface area contributed by atoms with Gasteiger partial charge in [0.2, 0.25) is 5.91 Å². The second-order valence-electron chi connectivity index (χ2n) is 7.29. The predicted molar refractivity (Wildman–Crippen MR) is 105 cm³/mol. The molecule has 2 aromatic rings. The minimum Gasteiger partial charge on any atom is -0.353 e. The zero-order valence-corrected chi connectivity index (χ0v) is 16.4. The van der Waals surface area contributed by atoms with E-state index in [2.05, 4.69) is 15.2 Å². The van der Waals surface area contributed by atoms with E-state index in [1.165, 1.54) is 6.07 Å². The van der Waals surface area contributed by atoms with Crippen LogP contribution in [-0.4, -0.2) is 53.9 Å². The molecule has 1 aromatic heterocycles. The molecule has 8 heteroatoms. The lowest BCUT2D eigenvalue weighted by atomic mass is 10.0. The molecule has 1 N–H and O–H groups in total. The van der Waals surface area contributed by atoms with Crippen LogP contribution in [0.15, 0.2) is 42.6 Å². The van der Waals surface area contributed by atoms with Crippen molar-refractivity contribution in [2.24, 2.45) is 5.92 Å². The van der Waals surface area contributed by atoms with Crippen LogP contribution in [-0.2, 0) is 4.79 Å². The number of halogens is 2. The van der Waals surface area contributed by atoms with Gasteiger partial charge in [0.15, 0.2) is 0 Å². The standard InChI is InChI=1S/C21H24F2N4O2/c1-14(2)19(25-20(28)18-15(22)6-5-7-16(18)23)21(29)27-12-10-26(11-13-27)17-8-3-4-9-24-17/h3-9,14,19H,10-13H2,1-2H3,(H,25,28)/t19-/m0/s1. The first kappa shape index (κ1) is 20.7. The lowest BCUT2D eigenvalue weighted by Crippen LogP contribution is -2.56. The van der Waals surface area contributed by atoms with Crippen molar-refractivity contribution in [1.82, 2.24) is 15.2 Å². The summed E-state index contributed by atoms with van der Waals surface area (Å²) >= 11 is 0. The van der Waals surface area contributed by atoms with Gasteiger partial charge in [-0.25, -0.2) is 13.8 Å². The first-order valence-electron chi connectivity index (χ1n) is 9.58. The van der Waals surface area contributed by atoms with E-state index in [-0.39, 0.29) is 11.8 Å². The molecule has 0 unspecified atom stereocenters. The summed E-state index contributed by atoms with van der Waals surface area (Å²) in [7, 11) is 0. The molecule has 1 saturated heterocycles. The summed E-state index contributed by atoms with van der Waals surface area (Å²) in [5.74, 6) is -2.49. The molecule has 6 nitrogen and oxygen atoms in total. The van der Waals surface area contributed by atoms with E-state index in [9.17, 15) is 18.4 Å². The van der Waals surface area contributed by atoms with Crippen molar-refractivity contribution >= 4 is 17.6 Å². The number of carbonyl (C=O) groups excluding carboxylic acids is 2. The zero-order chi connectivity index (χ0) is 21.0. The molecule has 1 aromatic carbocycles. The molecule has 0 radical (unpaired) electrons. The molecule has 1 fully saturated rings. The lowest BCUT2D eigenvalue weighted by molar-refractivity contribution is -0.134. The highest BCUT2D eigenvalue weighted by Gasteiger charge is 2.32. The second kappa shape index (κ2) is 8.98. The van der Waals surface area contributed by atoms with Gasteiger partial charge in [0.05, 0.1) is 0 Å². The molecule has 0 spiro atoms. The number of hydrogen-bond acceptors (Lipinski definition) is 4. The van der Waals surface area contributed by atoms with Crippen LogP contribution < -0.4 is 10.2 Å². The minimum atomic E-state index is -0.957. The molecule has 154 valence electrons. The zero-order valence-electron chi connectivity index (χ0n) is 16.4. The summed E-state index contributed by atoms with van der Waals surface area (Å²) in [5.41, 5.74) is -0.675. The fourth-order valence-corrected chi connectivity index (χ4v) is 3.34.